The van der Waals surface area contributed by atoms with E-state index >= 15 is 0 Å². The lowest BCUT2D eigenvalue weighted by Crippen LogP contribution is -2.20. The summed E-state index contributed by atoms with van der Waals surface area (Å²) in [6, 6.07) is 0. The van der Waals surface area contributed by atoms with Gasteiger partial charge in [-0.05, 0) is 26.8 Å². The van der Waals surface area contributed by atoms with Crippen LogP contribution in [-0.2, 0) is 9.53 Å². The van der Waals surface area contributed by atoms with Crippen LogP contribution in [0.1, 0.15) is 27.7 Å². The largest absolute Gasteiger partial charge is 0.429 e. The van der Waals surface area contributed by atoms with Crippen molar-refractivity contribution < 1.29 is 9.53 Å². The van der Waals surface area contributed by atoms with E-state index in [0.29, 0.717) is 5.76 Å². The maximum absolute atomic E-state index is 10.7. The zero-order valence-corrected chi connectivity index (χ0v) is 7.84. The van der Waals surface area contributed by atoms with Gasteiger partial charge in [-0.25, -0.2) is 0 Å². The smallest absolute Gasteiger partial charge is 0.307 e. The summed E-state index contributed by atoms with van der Waals surface area (Å²) in [5, 5.41) is 0. The second-order valence-corrected chi connectivity index (χ2v) is 3.41. The van der Waals surface area contributed by atoms with Crippen molar-refractivity contribution >= 4 is 11.7 Å². The molecule has 1 heterocycles. The molecule has 12 heavy (non-hydrogen) atoms. The number of ether oxygens (including phenoxy) is 1. The molecule has 0 amide bonds. The number of hydrogen-bond acceptors (Lipinski definition) is 3. The number of carbonyl (C=O) groups excluding carboxylic acids is 1. The van der Waals surface area contributed by atoms with Gasteiger partial charge in [0.25, 0.3) is 0 Å². The van der Waals surface area contributed by atoms with Crippen molar-refractivity contribution in [1.29, 1.82) is 0 Å². The van der Waals surface area contributed by atoms with Gasteiger partial charge in [-0.2, -0.15) is 0 Å². The SMILES string of the molecule is CC(=O)OC1=CC(C)=NC1(C)C. The molecular formula is C9H13NO2. The number of esters is 1. The topological polar surface area (TPSA) is 38.7 Å². The lowest BCUT2D eigenvalue weighted by atomic mass is 10.1. The van der Waals surface area contributed by atoms with Crippen molar-refractivity contribution in [3.05, 3.63) is 11.8 Å². The summed E-state index contributed by atoms with van der Waals surface area (Å²) in [5.41, 5.74) is 0.520. The fraction of sp³-hybridized carbons (Fsp3) is 0.556. The second kappa shape index (κ2) is 2.73. The molecule has 3 nitrogen and oxygen atoms in total. The Kier molecular flexibility index (Phi) is 2.04. The van der Waals surface area contributed by atoms with Gasteiger partial charge >= 0.3 is 5.97 Å². The van der Waals surface area contributed by atoms with Crippen molar-refractivity contribution in [1.82, 2.24) is 0 Å². The fourth-order valence-corrected chi connectivity index (χ4v) is 1.20. The number of nitrogens with zero attached hydrogens (tertiary/aromatic N) is 1. The van der Waals surface area contributed by atoms with E-state index in [1.165, 1.54) is 6.92 Å². The van der Waals surface area contributed by atoms with Gasteiger partial charge in [-0.1, -0.05) is 0 Å². The van der Waals surface area contributed by atoms with Crippen LogP contribution in [0.4, 0.5) is 0 Å². The molecule has 0 saturated carbocycles. The van der Waals surface area contributed by atoms with E-state index in [9.17, 15) is 4.79 Å². The van der Waals surface area contributed by atoms with E-state index in [0.717, 1.165) is 5.71 Å². The summed E-state index contributed by atoms with van der Waals surface area (Å²) in [6.07, 6.45) is 1.79. The summed E-state index contributed by atoms with van der Waals surface area (Å²) in [7, 11) is 0. The van der Waals surface area contributed by atoms with Crippen LogP contribution in [0.25, 0.3) is 0 Å². The highest BCUT2D eigenvalue weighted by molar-refractivity contribution is 5.96. The number of hydrogen-bond donors (Lipinski definition) is 0. The van der Waals surface area contributed by atoms with Crippen LogP contribution in [-0.4, -0.2) is 17.2 Å². The van der Waals surface area contributed by atoms with Crippen LogP contribution in [0.15, 0.2) is 16.8 Å². The Labute approximate surface area is 72.1 Å². The van der Waals surface area contributed by atoms with E-state index in [4.69, 9.17) is 4.74 Å². The molecule has 0 aromatic rings. The van der Waals surface area contributed by atoms with Gasteiger partial charge in [-0.3, -0.25) is 9.79 Å². The predicted octanol–water partition coefficient (Wildman–Crippen LogP) is 1.69. The molecular weight excluding hydrogens is 154 g/mol. The number of aliphatic imine (C=N–C) groups is 1. The Bertz CT molecular complexity index is 274. The monoisotopic (exact) mass is 167 g/mol. The number of rotatable bonds is 1. The summed E-state index contributed by atoms with van der Waals surface area (Å²) in [6.45, 7) is 7.11. The van der Waals surface area contributed by atoms with Crippen molar-refractivity contribution in [3.8, 4) is 0 Å². The molecule has 0 fully saturated rings. The lowest BCUT2D eigenvalue weighted by Gasteiger charge is -2.17. The third-order valence-electron chi connectivity index (χ3n) is 1.65. The van der Waals surface area contributed by atoms with Crippen LogP contribution in [0.3, 0.4) is 0 Å². The molecule has 0 spiro atoms. The highest BCUT2D eigenvalue weighted by Gasteiger charge is 2.29. The Morgan fingerprint density at radius 2 is 2.17 bits per heavy atom. The van der Waals surface area contributed by atoms with Gasteiger partial charge in [-0.15, -0.1) is 0 Å². The first-order valence-corrected chi connectivity index (χ1v) is 3.89. The van der Waals surface area contributed by atoms with Crippen LogP contribution < -0.4 is 0 Å². The Balaban J connectivity index is 2.82. The molecule has 3 heteroatoms. The number of allylic oxidation sites excluding steroid dienone is 1. The van der Waals surface area contributed by atoms with Gasteiger partial charge in [0.2, 0.25) is 0 Å². The molecule has 0 N–H and O–H groups in total. The van der Waals surface area contributed by atoms with Crippen LogP contribution in [0.2, 0.25) is 0 Å². The average Bonchev–Trinajstić information content (AvgIpc) is 2.04. The maximum Gasteiger partial charge on any atom is 0.307 e. The first kappa shape index (κ1) is 8.97. The minimum atomic E-state index is -0.379. The van der Waals surface area contributed by atoms with Gasteiger partial charge in [0.15, 0.2) is 0 Å². The molecule has 0 aromatic carbocycles. The van der Waals surface area contributed by atoms with Gasteiger partial charge in [0, 0.05) is 12.6 Å². The summed E-state index contributed by atoms with van der Waals surface area (Å²) < 4.78 is 5.00. The summed E-state index contributed by atoms with van der Waals surface area (Å²) >= 11 is 0. The van der Waals surface area contributed by atoms with E-state index in [1.54, 1.807) is 6.08 Å². The Morgan fingerprint density at radius 3 is 2.50 bits per heavy atom. The fourth-order valence-electron chi connectivity index (χ4n) is 1.20. The van der Waals surface area contributed by atoms with Gasteiger partial charge < -0.3 is 4.74 Å². The van der Waals surface area contributed by atoms with Gasteiger partial charge in [0.05, 0.1) is 0 Å². The van der Waals surface area contributed by atoms with E-state index < -0.39 is 0 Å². The molecule has 66 valence electrons. The van der Waals surface area contributed by atoms with E-state index in [1.807, 2.05) is 20.8 Å². The second-order valence-electron chi connectivity index (χ2n) is 3.41. The molecule has 0 atom stereocenters. The molecule has 1 rings (SSSR count). The lowest BCUT2D eigenvalue weighted by molar-refractivity contribution is -0.137. The third-order valence-corrected chi connectivity index (χ3v) is 1.65. The van der Waals surface area contributed by atoms with Crippen molar-refractivity contribution in [2.24, 2.45) is 4.99 Å². The molecule has 1 aliphatic rings. The zero-order chi connectivity index (χ0) is 9.35. The Morgan fingerprint density at radius 1 is 1.58 bits per heavy atom. The normalized spacial score (nSPS) is 20.0. The first-order chi connectivity index (χ1) is 5.42. The van der Waals surface area contributed by atoms with Crippen molar-refractivity contribution in [2.75, 3.05) is 0 Å². The average molecular weight is 167 g/mol. The van der Waals surface area contributed by atoms with E-state index in [-0.39, 0.29) is 11.5 Å². The summed E-state index contributed by atoms with van der Waals surface area (Å²) in [5.74, 6) is 0.340. The van der Waals surface area contributed by atoms with Crippen LogP contribution in [0, 0.1) is 0 Å². The minimum absolute atomic E-state index is 0.292. The van der Waals surface area contributed by atoms with Crippen LogP contribution >= 0.6 is 0 Å². The van der Waals surface area contributed by atoms with Gasteiger partial charge in [0.1, 0.15) is 11.3 Å². The molecule has 1 aliphatic heterocycles. The quantitative estimate of drug-likeness (QED) is 0.557. The molecule has 0 radical (unpaired) electrons. The third kappa shape index (κ3) is 1.72. The molecule has 0 aromatic heterocycles. The number of carbonyl (C=O) groups is 1. The highest BCUT2D eigenvalue weighted by atomic mass is 16.5. The Hall–Kier alpha value is -1.12. The maximum atomic E-state index is 10.7. The predicted molar refractivity (Wildman–Crippen MR) is 47.0 cm³/mol. The first-order valence-electron chi connectivity index (χ1n) is 3.89. The molecule has 0 saturated heterocycles. The standard InChI is InChI=1S/C9H13NO2/c1-6-5-8(12-7(2)11)9(3,4)10-6/h5H,1-4H3. The zero-order valence-electron chi connectivity index (χ0n) is 7.84. The van der Waals surface area contributed by atoms with Crippen molar-refractivity contribution in [3.63, 3.8) is 0 Å². The summed E-state index contributed by atoms with van der Waals surface area (Å²) in [4.78, 5) is 15.0. The molecule has 0 bridgehead atoms. The van der Waals surface area contributed by atoms with E-state index in [2.05, 4.69) is 4.99 Å². The molecule has 0 aliphatic carbocycles. The van der Waals surface area contributed by atoms with Crippen LogP contribution in [0.5, 0.6) is 0 Å². The van der Waals surface area contributed by atoms with Crippen molar-refractivity contribution in [2.45, 2.75) is 33.2 Å². The highest BCUT2D eigenvalue weighted by Crippen LogP contribution is 2.27. The molecule has 0 unspecified atom stereocenters. The minimum Gasteiger partial charge on any atom is -0.429 e.